The van der Waals surface area contributed by atoms with Crippen LogP contribution in [0.3, 0.4) is 0 Å². The van der Waals surface area contributed by atoms with Gasteiger partial charge in [0.2, 0.25) is 0 Å². The molecule has 0 saturated heterocycles. The lowest BCUT2D eigenvalue weighted by Gasteiger charge is -2.07. The topological polar surface area (TPSA) is 35.2 Å². The van der Waals surface area contributed by atoms with Crippen LogP contribution >= 0.6 is 34.8 Å². The second-order valence-corrected chi connectivity index (χ2v) is 5.49. The van der Waals surface area contributed by atoms with Crippen molar-refractivity contribution in [3.05, 3.63) is 63.2 Å². The highest BCUT2D eigenvalue weighted by Gasteiger charge is 2.00. The van der Waals surface area contributed by atoms with Crippen LogP contribution in [0.4, 0.5) is 0 Å². The Bertz CT molecular complexity index is 554. The number of benzene rings is 2. The predicted molar refractivity (Wildman–Crippen MR) is 85.8 cm³/mol. The molecule has 0 aliphatic rings. The molecule has 0 unspecified atom stereocenters. The van der Waals surface area contributed by atoms with Crippen LogP contribution in [-0.2, 0) is 6.61 Å². The van der Waals surface area contributed by atoms with Crippen LogP contribution in [0, 0.1) is 3.57 Å². The Hall–Kier alpha value is -1.14. The van der Waals surface area contributed by atoms with Gasteiger partial charge in [0.05, 0.1) is 0 Å². The van der Waals surface area contributed by atoms with E-state index < -0.39 is 0 Å². The van der Waals surface area contributed by atoms with Crippen molar-refractivity contribution in [1.29, 1.82) is 0 Å². The van der Waals surface area contributed by atoms with Gasteiger partial charge in [-0.05, 0) is 52.4 Å². The third kappa shape index (κ3) is 3.68. The smallest absolute Gasteiger partial charge is 0.120 e. The second kappa shape index (κ2) is 6.15. The summed E-state index contributed by atoms with van der Waals surface area (Å²) < 4.78 is 6.92. The maximum absolute atomic E-state index is 5.71. The van der Waals surface area contributed by atoms with Crippen LogP contribution in [0.2, 0.25) is 0 Å². The molecule has 2 N–H and O–H groups in total. The maximum Gasteiger partial charge on any atom is 0.120 e. The highest BCUT2D eigenvalue weighted by molar-refractivity contribution is 14.1. The Balaban J connectivity index is 2.04. The average Bonchev–Trinajstić information content (AvgIpc) is 2.38. The fourth-order valence-corrected chi connectivity index (χ4v) is 1.97. The molecule has 2 aromatic rings. The predicted octanol–water partition coefficient (Wildman–Crippen LogP) is 3.50. The zero-order valence-electron chi connectivity index (χ0n) is 9.60. The molecule has 0 saturated carbocycles. The van der Waals surface area contributed by atoms with Crippen LogP contribution in [-0.4, -0.2) is 4.99 Å². The van der Waals surface area contributed by atoms with Crippen molar-refractivity contribution in [1.82, 2.24) is 0 Å². The van der Waals surface area contributed by atoms with Crippen LogP contribution < -0.4 is 10.5 Å². The molecule has 0 bridgehead atoms. The van der Waals surface area contributed by atoms with Crippen molar-refractivity contribution in [2.24, 2.45) is 5.73 Å². The van der Waals surface area contributed by atoms with E-state index in [0.717, 1.165) is 16.9 Å². The minimum Gasteiger partial charge on any atom is -0.489 e. The van der Waals surface area contributed by atoms with E-state index in [9.17, 15) is 0 Å². The molecule has 4 heteroatoms. The van der Waals surface area contributed by atoms with Crippen molar-refractivity contribution in [2.75, 3.05) is 0 Å². The van der Waals surface area contributed by atoms with Crippen LogP contribution in [0.25, 0.3) is 0 Å². The number of thiocarbonyl (C=S) groups is 1. The highest BCUT2D eigenvalue weighted by Crippen LogP contribution is 2.15. The molecular formula is C14H12INOS. The molecule has 0 aliphatic heterocycles. The van der Waals surface area contributed by atoms with E-state index in [4.69, 9.17) is 22.7 Å². The van der Waals surface area contributed by atoms with E-state index in [1.54, 1.807) is 0 Å². The maximum atomic E-state index is 5.71. The molecule has 0 atom stereocenters. The molecule has 2 aromatic carbocycles. The Kier molecular flexibility index (Phi) is 4.54. The van der Waals surface area contributed by atoms with E-state index in [0.29, 0.717) is 11.6 Å². The van der Waals surface area contributed by atoms with Crippen LogP contribution in [0.15, 0.2) is 48.5 Å². The fraction of sp³-hybridized carbons (Fsp3) is 0.0714. The third-order valence-electron chi connectivity index (χ3n) is 2.44. The molecule has 0 fully saturated rings. The zero-order chi connectivity index (χ0) is 13.0. The summed E-state index contributed by atoms with van der Waals surface area (Å²) >= 11 is 7.21. The summed E-state index contributed by atoms with van der Waals surface area (Å²) in [6.07, 6.45) is 0. The summed E-state index contributed by atoms with van der Waals surface area (Å²) in [5.41, 5.74) is 7.54. The number of nitrogens with two attached hydrogens (primary N) is 1. The van der Waals surface area contributed by atoms with Gasteiger partial charge in [-0.3, -0.25) is 0 Å². The van der Waals surface area contributed by atoms with Crippen molar-refractivity contribution in [2.45, 2.75) is 6.61 Å². The average molecular weight is 369 g/mol. The van der Waals surface area contributed by atoms with Crippen molar-refractivity contribution >= 4 is 39.8 Å². The van der Waals surface area contributed by atoms with Gasteiger partial charge in [0, 0.05) is 9.13 Å². The number of hydrogen-bond donors (Lipinski definition) is 1. The van der Waals surface area contributed by atoms with Crippen LogP contribution in [0.5, 0.6) is 5.75 Å². The summed E-state index contributed by atoms with van der Waals surface area (Å²) in [6.45, 7) is 0.539. The summed E-state index contributed by atoms with van der Waals surface area (Å²) in [4.78, 5) is 0.384. The molecule has 92 valence electrons. The lowest BCUT2D eigenvalue weighted by molar-refractivity contribution is 0.306. The van der Waals surface area contributed by atoms with E-state index in [1.807, 2.05) is 24.3 Å². The first kappa shape index (κ1) is 13.3. The first-order valence-electron chi connectivity index (χ1n) is 5.42. The first-order valence-corrected chi connectivity index (χ1v) is 6.91. The van der Waals surface area contributed by atoms with Crippen LogP contribution in [0.1, 0.15) is 11.1 Å². The summed E-state index contributed by atoms with van der Waals surface area (Å²) in [6, 6.07) is 15.7. The minimum atomic E-state index is 0.384. The summed E-state index contributed by atoms with van der Waals surface area (Å²) in [5, 5.41) is 0. The highest BCUT2D eigenvalue weighted by atomic mass is 127. The molecule has 0 aliphatic carbocycles. The molecule has 2 nitrogen and oxygen atoms in total. The number of halogens is 1. The summed E-state index contributed by atoms with van der Waals surface area (Å²) in [5.74, 6) is 0.777. The standard InChI is InChI=1S/C14H12INOS/c15-12-6-4-10(5-7-12)9-17-13-3-1-2-11(8-13)14(16)18/h1-8H,9H2,(H2,16,18). The molecule has 0 spiro atoms. The van der Waals surface area contributed by atoms with Gasteiger partial charge in [-0.2, -0.15) is 0 Å². The lowest BCUT2D eigenvalue weighted by atomic mass is 10.2. The Morgan fingerprint density at radius 3 is 2.56 bits per heavy atom. The molecule has 18 heavy (non-hydrogen) atoms. The number of rotatable bonds is 4. The largest absolute Gasteiger partial charge is 0.489 e. The second-order valence-electron chi connectivity index (χ2n) is 3.81. The van der Waals surface area contributed by atoms with Gasteiger partial charge in [-0.1, -0.05) is 36.5 Å². The number of hydrogen-bond acceptors (Lipinski definition) is 2. The van der Waals surface area contributed by atoms with E-state index >= 15 is 0 Å². The van der Waals surface area contributed by atoms with Gasteiger partial charge >= 0.3 is 0 Å². The zero-order valence-corrected chi connectivity index (χ0v) is 12.6. The van der Waals surface area contributed by atoms with Crippen molar-refractivity contribution < 1.29 is 4.74 Å². The molecule has 0 radical (unpaired) electrons. The van der Waals surface area contributed by atoms with E-state index in [-0.39, 0.29) is 0 Å². The molecular weight excluding hydrogens is 357 g/mol. The van der Waals surface area contributed by atoms with Gasteiger partial charge in [-0.25, -0.2) is 0 Å². The van der Waals surface area contributed by atoms with Crippen molar-refractivity contribution in [3.63, 3.8) is 0 Å². The Morgan fingerprint density at radius 1 is 1.17 bits per heavy atom. The molecule has 2 rings (SSSR count). The lowest BCUT2D eigenvalue weighted by Crippen LogP contribution is -2.09. The van der Waals surface area contributed by atoms with Gasteiger partial charge in [0.15, 0.2) is 0 Å². The first-order chi connectivity index (χ1) is 8.65. The molecule has 0 heterocycles. The minimum absolute atomic E-state index is 0.384. The van der Waals surface area contributed by atoms with Crippen molar-refractivity contribution in [3.8, 4) is 5.75 Å². The SMILES string of the molecule is NC(=S)c1cccc(OCc2ccc(I)cc2)c1. The van der Waals surface area contributed by atoms with Gasteiger partial charge < -0.3 is 10.5 Å². The normalized spacial score (nSPS) is 10.1. The molecule has 0 aromatic heterocycles. The fourth-order valence-electron chi connectivity index (χ4n) is 1.49. The van der Waals surface area contributed by atoms with Gasteiger partial charge in [0.25, 0.3) is 0 Å². The van der Waals surface area contributed by atoms with E-state index in [2.05, 4.69) is 46.9 Å². The van der Waals surface area contributed by atoms with E-state index in [1.165, 1.54) is 3.57 Å². The third-order valence-corrected chi connectivity index (χ3v) is 3.39. The molecule has 0 amide bonds. The van der Waals surface area contributed by atoms with Gasteiger partial charge in [0.1, 0.15) is 17.3 Å². The summed E-state index contributed by atoms with van der Waals surface area (Å²) in [7, 11) is 0. The quantitative estimate of drug-likeness (QED) is 0.662. The van der Waals surface area contributed by atoms with Gasteiger partial charge in [-0.15, -0.1) is 0 Å². The Labute approximate surface area is 125 Å². The number of ether oxygens (including phenoxy) is 1. The Morgan fingerprint density at radius 2 is 1.89 bits per heavy atom. The monoisotopic (exact) mass is 369 g/mol.